The Labute approximate surface area is 124 Å². The third-order valence-electron chi connectivity index (χ3n) is 2.33. The van der Waals surface area contributed by atoms with E-state index in [4.69, 9.17) is 5.11 Å². The largest absolute Gasteiger partial charge is 0.480 e. The molecule has 7 nitrogen and oxygen atoms in total. The average molecular weight is 313 g/mol. The Kier molecular flexibility index (Phi) is 4.39. The maximum absolute atomic E-state index is 10.7. The van der Waals surface area contributed by atoms with Gasteiger partial charge in [0.05, 0.1) is 10.7 Å². The highest BCUT2D eigenvalue weighted by Gasteiger charge is 2.18. The van der Waals surface area contributed by atoms with Crippen LogP contribution in [-0.4, -0.2) is 36.3 Å². The molecule has 0 bridgehead atoms. The second-order valence-electron chi connectivity index (χ2n) is 5.20. The first kappa shape index (κ1) is 14.9. The predicted molar refractivity (Wildman–Crippen MR) is 75.8 cm³/mol. The van der Waals surface area contributed by atoms with Crippen molar-refractivity contribution in [3.63, 3.8) is 0 Å². The Balaban J connectivity index is 2.00. The Morgan fingerprint density at radius 1 is 1.50 bits per heavy atom. The molecule has 2 heterocycles. The molecule has 0 saturated heterocycles. The van der Waals surface area contributed by atoms with E-state index in [0.29, 0.717) is 10.9 Å². The first-order chi connectivity index (χ1) is 9.36. The third kappa shape index (κ3) is 3.76. The van der Waals surface area contributed by atoms with Crippen LogP contribution in [0.4, 0.5) is 0 Å². The van der Waals surface area contributed by atoms with E-state index in [2.05, 4.69) is 41.3 Å². The predicted octanol–water partition coefficient (Wildman–Crippen LogP) is 1.80. The summed E-state index contributed by atoms with van der Waals surface area (Å²) in [6, 6.07) is 0. The van der Waals surface area contributed by atoms with Gasteiger partial charge in [-0.05, 0) is 10.4 Å². The monoisotopic (exact) mass is 313 g/mol. The van der Waals surface area contributed by atoms with Crippen LogP contribution < -0.4 is 0 Å². The van der Waals surface area contributed by atoms with Gasteiger partial charge in [0.25, 0.3) is 0 Å². The third-order valence-corrected chi connectivity index (χ3v) is 4.63. The number of thiazole rings is 1. The zero-order valence-corrected chi connectivity index (χ0v) is 13.0. The molecule has 20 heavy (non-hydrogen) atoms. The van der Waals surface area contributed by atoms with Gasteiger partial charge in [-0.2, -0.15) is 0 Å². The van der Waals surface area contributed by atoms with Crippen LogP contribution in [0.5, 0.6) is 0 Å². The van der Waals surface area contributed by atoms with Gasteiger partial charge in [-0.25, -0.2) is 9.67 Å². The van der Waals surface area contributed by atoms with Gasteiger partial charge in [0, 0.05) is 16.5 Å². The van der Waals surface area contributed by atoms with E-state index in [0.717, 1.165) is 10.7 Å². The van der Waals surface area contributed by atoms with Crippen molar-refractivity contribution in [2.45, 2.75) is 43.6 Å². The molecular formula is C11H15N5O2S2. The molecule has 0 aliphatic carbocycles. The van der Waals surface area contributed by atoms with Crippen molar-refractivity contribution in [3.05, 3.63) is 16.1 Å². The summed E-state index contributed by atoms with van der Waals surface area (Å²) in [7, 11) is 0. The van der Waals surface area contributed by atoms with Crippen molar-refractivity contribution in [2.24, 2.45) is 0 Å². The Hall–Kier alpha value is -1.48. The molecule has 0 amide bonds. The van der Waals surface area contributed by atoms with Gasteiger partial charge in [-0.15, -0.1) is 16.4 Å². The Morgan fingerprint density at radius 3 is 2.85 bits per heavy atom. The molecule has 0 atom stereocenters. The number of aromatic nitrogens is 5. The molecule has 0 saturated carbocycles. The number of hydrogen-bond donors (Lipinski definition) is 1. The number of rotatable bonds is 5. The summed E-state index contributed by atoms with van der Waals surface area (Å²) in [5.74, 6) is -0.352. The van der Waals surface area contributed by atoms with Crippen LogP contribution >= 0.6 is 23.1 Å². The van der Waals surface area contributed by atoms with E-state index in [1.54, 1.807) is 11.3 Å². The lowest BCUT2D eigenvalue weighted by Gasteiger charge is -2.13. The number of carboxylic acids is 1. The minimum atomic E-state index is -0.970. The molecule has 0 aliphatic rings. The van der Waals surface area contributed by atoms with E-state index >= 15 is 0 Å². The van der Waals surface area contributed by atoms with Crippen molar-refractivity contribution < 1.29 is 9.90 Å². The number of aliphatic carboxylic acids is 1. The lowest BCUT2D eigenvalue weighted by Crippen LogP contribution is -2.11. The molecule has 2 aromatic rings. The van der Waals surface area contributed by atoms with Gasteiger partial charge in [-0.3, -0.25) is 4.79 Å². The fraction of sp³-hybridized carbons (Fsp3) is 0.545. The fourth-order valence-electron chi connectivity index (χ4n) is 1.38. The van der Waals surface area contributed by atoms with Crippen LogP contribution in [0.3, 0.4) is 0 Å². The van der Waals surface area contributed by atoms with E-state index in [1.807, 2.05) is 5.38 Å². The molecular weight excluding hydrogens is 298 g/mol. The second kappa shape index (κ2) is 5.88. The highest BCUT2D eigenvalue weighted by Crippen LogP contribution is 2.28. The lowest BCUT2D eigenvalue weighted by molar-refractivity contribution is -0.138. The number of nitrogens with zero attached hydrogens (tertiary/aromatic N) is 5. The lowest BCUT2D eigenvalue weighted by atomic mass is 9.98. The molecule has 0 aromatic carbocycles. The maximum Gasteiger partial charge on any atom is 0.325 e. The number of tetrazole rings is 1. The Bertz CT molecular complexity index is 602. The number of carboxylic acid groups (broad SMARTS) is 1. The highest BCUT2D eigenvalue weighted by atomic mass is 32.2. The summed E-state index contributed by atoms with van der Waals surface area (Å²) in [5, 5.41) is 23.3. The molecule has 9 heteroatoms. The summed E-state index contributed by atoms with van der Waals surface area (Å²) < 4.78 is 1.27. The molecule has 0 unspecified atom stereocenters. The zero-order valence-electron chi connectivity index (χ0n) is 11.4. The Morgan fingerprint density at radius 2 is 2.25 bits per heavy atom. The summed E-state index contributed by atoms with van der Waals surface area (Å²) in [4.78, 5) is 15.2. The summed E-state index contributed by atoms with van der Waals surface area (Å²) in [5.41, 5.74) is 0.994. The second-order valence-corrected chi connectivity index (χ2v) is 7.00. The van der Waals surface area contributed by atoms with E-state index in [-0.39, 0.29) is 12.0 Å². The van der Waals surface area contributed by atoms with Crippen LogP contribution in [0.1, 0.15) is 31.5 Å². The maximum atomic E-state index is 10.7. The van der Waals surface area contributed by atoms with Gasteiger partial charge >= 0.3 is 5.97 Å². The summed E-state index contributed by atoms with van der Waals surface area (Å²) in [6.45, 7) is 6.13. The van der Waals surface area contributed by atoms with Crippen LogP contribution in [0.15, 0.2) is 10.5 Å². The highest BCUT2D eigenvalue weighted by molar-refractivity contribution is 7.98. The fourth-order valence-corrected chi connectivity index (χ4v) is 3.17. The molecule has 2 rings (SSSR count). The molecule has 108 valence electrons. The first-order valence-electron chi connectivity index (χ1n) is 5.92. The van der Waals surface area contributed by atoms with E-state index < -0.39 is 5.97 Å². The van der Waals surface area contributed by atoms with Gasteiger partial charge in [0.1, 0.15) is 6.54 Å². The molecule has 2 aromatic heterocycles. The van der Waals surface area contributed by atoms with E-state index in [9.17, 15) is 4.79 Å². The van der Waals surface area contributed by atoms with E-state index in [1.165, 1.54) is 16.4 Å². The number of thioether (sulfide) groups is 1. The SMILES string of the molecule is CC(C)(C)c1nc(CSc2nnnn2CC(=O)O)cs1. The normalized spacial score (nSPS) is 11.8. The van der Waals surface area contributed by atoms with Gasteiger partial charge in [0.2, 0.25) is 5.16 Å². The summed E-state index contributed by atoms with van der Waals surface area (Å²) >= 11 is 3.01. The van der Waals surface area contributed by atoms with Crippen LogP contribution in [-0.2, 0) is 22.5 Å². The molecule has 0 fully saturated rings. The van der Waals surface area contributed by atoms with Crippen LogP contribution in [0.2, 0.25) is 0 Å². The van der Waals surface area contributed by atoms with Gasteiger partial charge in [-0.1, -0.05) is 32.5 Å². The molecule has 0 spiro atoms. The molecule has 1 N–H and O–H groups in total. The van der Waals surface area contributed by atoms with Crippen molar-refractivity contribution in [3.8, 4) is 0 Å². The molecule has 0 aliphatic heterocycles. The average Bonchev–Trinajstić information content (AvgIpc) is 2.93. The van der Waals surface area contributed by atoms with Crippen molar-refractivity contribution >= 4 is 29.1 Å². The zero-order chi connectivity index (χ0) is 14.8. The molecule has 0 radical (unpaired) electrons. The van der Waals surface area contributed by atoms with Crippen molar-refractivity contribution in [1.29, 1.82) is 0 Å². The van der Waals surface area contributed by atoms with Crippen molar-refractivity contribution in [1.82, 2.24) is 25.2 Å². The number of hydrogen-bond acceptors (Lipinski definition) is 7. The smallest absolute Gasteiger partial charge is 0.325 e. The minimum absolute atomic E-state index is 0.0401. The quantitative estimate of drug-likeness (QED) is 0.841. The van der Waals surface area contributed by atoms with Gasteiger partial charge in [0.15, 0.2) is 0 Å². The number of carbonyl (C=O) groups is 1. The van der Waals surface area contributed by atoms with Crippen LogP contribution in [0.25, 0.3) is 0 Å². The minimum Gasteiger partial charge on any atom is -0.480 e. The van der Waals surface area contributed by atoms with Crippen LogP contribution in [0, 0.1) is 0 Å². The topological polar surface area (TPSA) is 93.8 Å². The standard InChI is InChI=1S/C11H15N5O2S2/c1-11(2,3)9-12-7(5-19-9)6-20-10-13-14-15-16(10)4-8(17)18/h5H,4,6H2,1-3H3,(H,17,18). The summed E-state index contributed by atoms with van der Waals surface area (Å²) in [6.07, 6.45) is 0. The first-order valence-corrected chi connectivity index (χ1v) is 7.78. The van der Waals surface area contributed by atoms with Gasteiger partial charge < -0.3 is 5.11 Å². The van der Waals surface area contributed by atoms with Crippen molar-refractivity contribution in [2.75, 3.05) is 0 Å².